The highest BCUT2D eigenvalue weighted by Gasteiger charge is 2.20. The normalized spacial score (nSPS) is 10.6. The zero-order chi connectivity index (χ0) is 24.9. The molecule has 35 heavy (non-hydrogen) atoms. The van der Waals surface area contributed by atoms with E-state index >= 15 is 0 Å². The second-order valence-electron chi connectivity index (χ2n) is 7.87. The average molecular weight is 475 g/mol. The fourth-order valence-electron chi connectivity index (χ4n) is 3.39. The Morgan fingerprint density at radius 1 is 0.829 bits per heavy atom. The summed E-state index contributed by atoms with van der Waals surface area (Å²) in [4.78, 5) is 25.7. The van der Waals surface area contributed by atoms with Crippen LogP contribution in [0.1, 0.15) is 32.1 Å². The number of carbonyl (C=O) groups excluding carboxylic acids is 2. The Morgan fingerprint density at radius 3 is 2.06 bits per heavy atom. The van der Waals surface area contributed by atoms with Gasteiger partial charge in [-0.05, 0) is 48.9 Å². The van der Waals surface area contributed by atoms with Gasteiger partial charge in [-0.2, -0.15) is 10.2 Å². The van der Waals surface area contributed by atoms with Crippen molar-refractivity contribution >= 4 is 23.2 Å². The summed E-state index contributed by atoms with van der Waals surface area (Å²) in [6, 6.07) is 14.4. The van der Waals surface area contributed by atoms with Gasteiger partial charge in [0.1, 0.15) is 23.8 Å². The van der Waals surface area contributed by atoms with Crippen molar-refractivity contribution in [2.75, 3.05) is 17.7 Å². The van der Waals surface area contributed by atoms with Crippen molar-refractivity contribution in [1.82, 2.24) is 19.6 Å². The van der Waals surface area contributed by atoms with Crippen LogP contribution in [0.4, 0.5) is 11.4 Å². The van der Waals surface area contributed by atoms with E-state index in [0.717, 1.165) is 22.8 Å². The van der Waals surface area contributed by atoms with Crippen molar-refractivity contribution in [3.05, 3.63) is 83.4 Å². The van der Waals surface area contributed by atoms with E-state index in [2.05, 4.69) is 20.8 Å². The molecule has 0 radical (unpaired) electrons. The second-order valence-corrected chi connectivity index (χ2v) is 7.87. The highest BCUT2D eigenvalue weighted by molar-refractivity contribution is 6.11. The van der Waals surface area contributed by atoms with Crippen molar-refractivity contribution in [2.45, 2.75) is 13.5 Å². The van der Waals surface area contributed by atoms with E-state index in [1.165, 1.54) is 10.9 Å². The molecule has 2 heterocycles. The van der Waals surface area contributed by atoms with E-state index < -0.39 is 5.91 Å². The number of ether oxygens (including phenoxy) is 2. The van der Waals surface area contributed by atoms with Crippen LogP contribution in [0, 0.1) is 6.92 Å². The molecular formula is C25H26N6O4. The zero-order valence-electron chi connectivity index (χ0n) is 19.9. The van der Waals surface area contributed by atoms with Crippen molar-refractivity contribution in [1.29, 1.82) is 0 Å². The van der Waals surface area contributed by atoms with Gasteiger partial charge < -0.3 is 20.1 Å². The highest BCUT2D eigenvalue weighted by atomic mass is 16.5. The van der Waals surface area contributed by atoms with Crippen LogP contribution in [0.2, 0.25) is 0 Å². The predicted octanol–water partition coefficient (Wildman–Crippen LogP) is 3.55. The number of methoxy groups -OCH3 is 1. The number of benzene rings is 2. The number of anilines is 2. The Morgan fingerprint density at radius 2 is 1.43 bits per heavy atom. The molecular weight excluding hydrogens is 448 g/mol. The number of aromatic nitrogens is 4. The summed E-state index contributed by atoms with van der Waals surface area (Å²) in [6.07, 6.45) is 3.02. The maximum Gasteiger partial charge on any atom is 0.276 e. The van der Waals surface area contributed by atoms with Crippen LogP contribution in [0.15, 0.2) is 60.9 Å². The van der Waals surface area contributed by atoms with Crippen LogP contribution in [0.3, 0.4) is 0 Å². The average Bonchev–Trinajstić information content (AvgIpc) is 3.39. The highest BCUT2D eigenvalue weighted by Crippen LogP contribution is 2.21. The van der Waals surface area contributed by atoms with Crippen LogP contribution >= 0.6 is 0 Å². The number of amides is 2. The largest absolute Gasteiger partial charge is 0.497 e. The van der Waals surface area contributed by atoms with Gasteiger partial charge in [0.05, 0.1) is 36.6 Å². The minimum absolute atomic E-state index is 0.228. The van der Waals surface area contributed by atoms with Gasteiger partial charge in [-0.15, -0.1) is 0 Å². The smallest absolute Gasteiger partial charge is 0.276 e. The fourth-order valence-corrected chi connectivity index (χ4v) is 3.39. The van der Waals surface area contributed by atoms with Crippen molar-refractivity contribution in [2.24, 2.45) is 14.1 Å². The van der Waals surface area contributed by atoms with E-state index in [9.17, 15) is 9.59 Å². The van der Waals surface area contributed by atoms with E-state index in [1.54, 1.807) is 44.2 Å². The van der Waals surface area contributed by atoms with E-state index in [4.69, 9.17) is 9.47 Å². The molecule has 10 heteroatoms. The molecule has 10 nitrogen and oxygen atoms in total. The molecule has 0 unspecified atom stereocenters. The first-order valence-electron chi connectivity index (χ1n) is 10.8. The first kappa shape index (κ1) is 23.6. The maximum absolute atomic E-state index is 12.9. The van der Waals surface area contributed by atoms with Crippen LogP contribution in [-0.2, 0) is 20.7 Å². The Bertz CT molecular complexity index is 1340. The molecule has 2 aromatic carbocycles. The quantitative estimate of drug-likeness (QED) is 0.404. The van der Waals surface area contributed by atoms with Gasteiger partial charge >= 0.3 is 0 Å². The first-order chi connectivity index (χ1) is 16.9. The number of rotatable bonds is 8. The number of hydrogen-bond acceptors (Lipinski definition) is 6. The fraction of sp³-hybridized carbons (Fsp3) is 0.200. The van der Waals surface area contributed by atoms with Crippen molar-refractivity contribution in [3.8, 4) is 11.5 Å². The van der Waals surface area contributed by atoms with Gasteiger partial charge in [0.25, 0.3) is 11.8 Å². The molecule has 0 spiro atoms. The second kappa shape index (κ2) is 10.1. The minimum Gasteiger partial charge on any atom is -0.497 e. The lowest BCUT2D eigenvalue weighted by Crippen LogP contribution is -2.20. The standard InChI is InChI=1S/C25H26N6O4/c1-16-21(13-26-30(16)2)28-25(33)23-22(14-27-31(23)3)29-24(32)18-7-5-17(6-8-18)15-35-20-11-9-19(34-4)10-12-20/h5-14H,15H2,1-4H3,(H,28,33)(H,29,32). The van der Waals surface area contributed by atoms with Gasteiger partial charge in [-0.3, -0.25) is 19.0 Å². The van der Waals surface area contributed by atoms with Gasteiger partial charge in [0, 0.05) is 19.7 Å². The number of aryl methyl sites for hydroxylation is 2. The third kappa shape index (κ3) is 5.32. The molecule has 4 rings (SSSR count). The molecule has 0 aliphatic heterocycles. The molecule has 2 N–H and O–H groups in total. The van der Waals surface area contributed by atoms with Gasteiger partial charge in [0.15, 0.2) is 0 Å². The van der Waals surface area contributed by atoms with E-state index in [0.29, 0.717) is 23.5 Å². The molecule has 0 aliphatic carbocycles. The lowest BCUT2D eigenvalue weighted by molar-refractivity contribution is 0.101. The summed E-state index contributed by atoms with van der Waals surface area (Å²) >= 11 is 0. The van der Waals surface area contributed by atoms with Crippen LogP contribution in [0.25, 0.3) is 0 Å². The summed E-state index contributed by atoms with van der Waals surface area (Å²) in [5, 5.41) is 13.8. The number of carbonyl (C=O) groups is 2. The SMILES string of the molecule is COc1ccc(OCc2ccc(C(=O)Nc3cnn(C)c3C(=O)Nc3cnn(C)c3C)cc2)cc1. The molecule has 0 bridgehead atoms. The molecule has 4 aromatic rings. The number of hydrogen-bond donors (Lipinski definition) is 2. The van der Waals surface area contributed by atoms with Gasteiger partial charge in [-0.1, -0.05) is 12.1 Å². The molecule has 0 atom stereocenters. The van der Waals surface area contributed by atoms with Crippen LogP contribution in [-0.4, -0.2) is 38.5 Å². The van der Waals surface area contributed by atoms with Crippen molar-refractivity contribution in [3.63, 3.8) is 0 Å². The van der Waals surface area contributed by atoms with Gasteiger partial charge in [-0.25, -0.2) is 0 Å². The van der Waals surface area contributed by atoms with Crippen molar-refractivity contribution < 1.29 is 19.1 Å². The lowest BCUT2D eigenvalue weighted by atomic mass is 10.1. The minimum atomic E-state index is -0.401. The number of nitrogens with one attached hydrogen (secondary N) is 2. The van der Waals surface area contributed by atoms with Crippen LogP contribution < -0.4 is 20.1 Å². The molecule has 2 aromatic heterocycles. The number of nitrogens with zero attached hydrogens (tertiary/aromatic N) is 4. The zero-order valence-corrected chi connectivity index (χ0v) is 19.9. The monoisotopic (exact) mass is 474 g/mol. The maximum atomic E-state index is 12.9. The molecule has 180 valence electrons. The summed E-state index contributed by atoms with van der Waals surface area (Å²) in [6.45, 7) is 2.20. The molecule has 0 fully saturated rings. The van der Waals surface area contributed by atoms with Crippen LogP contribution in [0.5, 0.6) is 11.5 Å². The first-order valence-corrected chi connectivity index (χ1v) is 10.8. The molecule has 0 aliphatic rings. The Balaban J connectivity index is 1.39. The Hall–Kier alpha value is -4.60. The summed E-state index contributed by atoms with van der Waals surface area (Å²) in [5.41, 5.74) is 3.28. The summed E-state index contributed by atoms with van der Waals surface area (Å²) in [5.74, 6) is 0.722. The summed E-state index contributed by atoms with van der Waals surface area (Å²) < 4.78 is 14.0. The molecule has 0 saturated carbocycles. The topological polar surface area (TPSA) is 112 Å². The molecule has 2 amide bonds. The van der Waals surface area contributed by atoms with E-state index in [1.807, 2.05) is 43.3 Å². The molecule has 0 saturated heterocycles. The summed E-state index contributed by atoms with van der Waals surface area (Å²) in [7, 11) is 5.04. The Kier molecular flexibility index (Phi) is 6.81. The lowest BCUT2D eigenvalue weighted by Gasteiger charge is -2.10. The Labute approximate surface area is 202 Å². The third-order valence-corrected chi connectivity index (χ3v) is 5.57. The van der Waals surface area contributed by atoms with E-state index in [-0.39, 0.29) is 11.6 Å². The van der Waals surface area contributed by atoms with Gasteiger partial charge in [0.2, 0.25) is 0 Å². The predicted molar refractivity (Wildman–Crippen MR) is 131 cm³/mol. The third-order valence-electron chi connectivity index (χ3n) is 5.57.